The van der Waals surface area contributed by atoms with Crippen LogP contribution in [0.1, 0.15) is 19.7 Å². The molecule has 0 saturated heterocycles. The lowest BCUT2D eigenvalue weighted by Crippen LogP contribution is -2.24. The number of halogens is 1. The summed E-state index contributed by atoms with van der Waals surface area (Å²) in [6.45, 7) is 6.35. The molecule has 0 bridgehead atoms. The number of likely N-dealkylation sites (N-methyl/N-ethyl adjacent to an activating group) is 1. The van der Waals surface area contributed by atoms with Gasteiger partial charge in [-0.3, -0.25) is 0 Å². The van der Waals surface area contributed by atoms with Crippen LogP contribution in [-0.2, 0) is 11.2 Å². The average molecular weight is 288 g/mol. The topological polar surface area (TPSA) is 38.2 Å². The maximum atomic E-state index is 5.32. The zero-order valence-electron chi connectivity index (χ0n) is 10.0. The first kappa shape index (κ1) is 13.4. The van der Waals surface area contributed by atoms with Crippen molar-refractivity contribution >= 4 is 21.7 Å². The van der Waals surface area contributed by atoms with Crippen molar-refractivity contribution in [2.75, 3.05) is 31.7 Å². The Morgan fingerprint density at radius 3 is 2.75 bits per heavy atom. The molecule has 0 radical (unpaired) electrons. The molecule has 0 unspecified atom stereocenters. The van der Waals surface area contributed by atoms with E-state index in [1.807, 2.05) is 27.0 Å². The molecular formula is C11H18BrN3O. The van der Waals surface area contributed by atoms with Crippen LogP contribution in [0.4, 0.5) is 5.82 Å². The van der Waals surface area contributed by atoms with Crippen LogP contribution in [0.15, 0.2) is 10.7 Å². The second-order valence-electron chi connectivity index (χ2n) is 3.44. The zero-order chi connectivity index (χ0) is 12.0. The predicted octanol–water partition coefficient (Wildman–Crippen LogP) is 2.27. The standard InChI is InChI=1S/C11H18BrN3O/c1-4-10-13-9(12)8-11(14-10)15(3)6-7-16-5-2/h8H,4-7H2,1-3H3. The number of ether oxygens (including phenoxy) is 1. The third-order valence-corrected chi connectivity index (χ3v) is 2.62. The van der Waals surface area contributed by atoms with Gasteiger partial charge < -0.3 is 9.64 Å². The summed E-state index contributed by atoms with van der Waals surface area (Å²) in [5.74, 6) is 1.78. The van der Waals surface area contributed by atoms with Gasteiger partial charge in [0.25, 0.3) is 0 Å². The highest BCUT2D eigenvalue weighted by Crippen LogP contribution is 2.15. The molecular weight excluding hydrogens is 270 g/mol. The minimum absolute atomic E-state index is 0.718. The summed E-state index contributed by atoms with van der Waals surface area (Å²) in [5, 5.41) is 0. The van der Waals surface area contributed by atoms with Gasteiger partial charge in [-0.1, -0.05) is 6.92 Å². The van der Waals surface area contributed by atoms with Crippen LogP contribution in [0.5, 0.6) is 0 Å². The van der Waals surface area contributed by atoms with Gasteiger partial charge in [0, 0.05) is 32.7 Å². The second kappa shape index (κ2) is 6.81. The van der Waals surface area contributed by atoms with Crippen LogP contribution < -0.4 is 4.90 Å². The molecule has 16 heavy (non-hydrogen) atoms. The molecule has 90 valence electrons. The highest BCUT2D eigenvalue weighted by atomic mass is 79.9. The summed E-state index contributed by atoms with van der Waals surface area (Å²) in [6.07, 6.45) is 0.839. The van der Waals surface area contributed by atoms with Crippen molar-refractivity contribution in [3.8, 4) is 0 Å². The van der Waals surface area contributed by atoms with Crippen molar-refractivity contribution in [2.45, 2.75) is 20.3 Å². The Kier molecular flexibility index (Phi) is 5.69. The zero-order valence-corrected chi connectivity index (χ0v) is 11.6. The molecule has 1 heterocycles. The van der Waals surface area contributed by atoms with Crippen molar-refractivity contribution in [1.29, 1.82) is 0 Å². The van der Waals surface area contributed by atoms with E-state index in [1.54, 1.807) is 0 Å². The van der Waals surface area contributed by atoms with Crippen molar-refractivity contribution in [1.82, 2.24) is 9.97 Å². The van der Waals surface area contributed by atoms with Gasteiger partial charge in [-0.2, -0.15) is 0 Å². The Morgan fingerprint density at radius 2 is 2.12 bits per heavy atom. The van der Waals surface area contributed by atoms with E-state index in [0.29, 0.717) is 0 Å². The summed E-state index contributed by atoms with van der Waals surface area (Å²) >= 11 is 3.39. The molecule has 0 aromatic carbocycles. The number of hydrogen-bond donors (Lipinski definition) is 0. The molecule has 0 aliphatic heterocycles. The van der Waals surface area contributed by atoms with E-state index in [4.69, 9.17) is 4.74 Å². The van der Waals surface area contributed by atoms with Gasteiger partial charge in [-0.25, -0.2) is 9.97 Å². The lowest BCUT2D eigenvalue weighted by Gasteiger charge is -2.18. The van der Waals surface area contributed by atoms with Crippen molar-refractivity contribution < 1.29 is 4.74 Å². The third-order valence-electron chi connectivity index (χ3n) is 2.21. The van der Waals surface area contributed by atoms with Crippen molar-refractivity contribution in [3.63, 3.8) is 0 Å². The predicted molar refractivity (Wildman–Crippen MR) is 68.9 cm³/mol. The molecule has 0 spiro atoms. The van der Waals surface area contributed by atoms with Gasteiger partial charge in [-0.15, -0.1) is 0 Å². The normalized spacial score (nSPS) is 10.5. The second-order valence-corrected chi connectivity index (χ2v) is 4.25. The summed E-state index contributed by atoms with van der Waals surface area (Å²) in [6, 6.07) is 1.92. The third kappa shape index (κ3) is 4.06. The lowest BCUT2D eigenvalue weighted by molar-refractivity contribution is 0.154. The van der Waals surface area contributed by atoms with E-state index in [-0.39, 0.29) is 0 Å². The van der Waals surface area contributed by atoms with Crippen LogP contribution in [0.3, 0.4) is 0 Å². The van der Waals surface area contributed by atoms with Gasteiger partial charge in [0.1, 0.15) is 16.2 Å². The highest BCUT2D eigenvalue weighted by Gasteiger charge is 2.06. The lowest BCUT2D eigenvalue weighted by atomic mass is 10.4. The van der Waals surface area contributed by atoms with E-state index >= 15 is 0 Å². The minimum Gasteiger partial charge on any atom is -0.380 e. The van der Waals surface area contributed by atoms with Crippen LogP contribution in [-0.4, -0.2) is 36.8 Å². The fraction of sp³-hybridized carbons (Fsp3) is 0.636. The Hall–Kier alpha value is -0.680. The molecule has 1 rings (SSSR count). The molecule has 0 fully saturated rings. The van der Waals surface area contributed by atoms with Crippen molar-refractivity contribution in [2.24, 2.45) is 0 Å². The first-order chi connectivity index (χ1) is 7.67. The number of rotatable bonds is 6. The molecule has 5 heteroatoms. The van der Waals surface area contributed by atoms with Crippen LogP contribution in [0, 0.1) is 0 Å². The summed E-state index contributed by atoms with van der Waals surface area (Å²) in [7, 11) is 2.01. The minimum atomic E-state index is 0.718. The van der Waals surface area contributed by atoms with Gasteiger partial charge in [0.05, 0.1) is 6.61 Å². The Bertz CT molecular complexity index is 333. The fourth-order valence-electron chi connectivity index (χ4n) is 1.27. The van der Waals surface area contributed by atoms with Gasteiger partial charge in [0.2, 0.25) is 0 Å². The first-order valence-electron chi connectivity index (χ1n) is 5.49. The van der Waals surface area contributed by atoms with Crippen LogP contribution in [0.25, 0.3) is 0 Å². The molecule has 0 aliphatic rings. The van der Waals surface area contributed by atoms with E-state index in [2.05, 4.69) is 30.8 Å². The molecule has 1 aromatic rings. The summed E-state index contributed by atoms with van der Waals surface area (Å²) in [5.41, 5.74) is 0. The Morgan fingerprint density at radius 1 is 1.38 bits per heavy atom. The van der Waals surface area contributed by atoms with Gasteiger partial charge >= 0.3 is 0 Å². The summed E-state index contributed by atoms with van der Waals surface area (Å²) < 4.78 is 6.15. The number of aromatic nitrogens is 2. The number of aryl methyl sites for hydroxylation is 1. The Labute approximate surface area is 105 Å². The number of anilines is 1. The molecule has 1 aromatic heterocycles. The maximum absolute atomic E-state index is 5.32. The SMILES string of the molecule is CCOCCN(C)c1cc(Br)nc(CC)n1. The van der Waals surface area contributed by atoms with E-state index in [9.17, 15) is 0 Å². The summed E-state index contributed by atoms with van der Waals surface area (Å²) in [4.78, 5) is 10.8. The molecule has 0 saturated carbocycles. The van der Waals surface area contributed by atoms with Gasteiger partial charge in [0.15, 0.2) is 0 Å². The monoisotopic (exact) mass is 287 g/mol. The van der Waals surface area contributed by atoms with Crippen LogP contribution in [0.2, 0.25) is 0 Å². The number of nitrogens with zero attached hydrogens (tertiary/aromatic N) is 3. The quantitative estimate of drug-likeness (QED) is 0.594. The molecule has 0 aliphatic carbocycles. The fourth-order valence-corrected chi connectivity index (χ4v) is 1.68. The van der Waals surface area contributed by atoms with Crippen molar-refractivity contribution in [3.05, 3.63) is 16.5 Å². The van der Waals surface area contributed by atoms with Gasteiger partial charge in [-0.05, 0) is 22.9 Å². The van der Waals surface area contributed by atoms with E-state index in [1.165, 1.54) is 0 Å². The molecule has 0 N–H and O–H groups in total. The average Bonchev–Trinajstić information content (AvgIpc) is 2.28. The first-order valence-corrected chi connectivity index (χ1v) is 6.29. The molecule has 0 amide bonds. The molecule has 4 nitrogen and oxygen atoms in total. The highest BCUT2D eigenvalue weighted by molar-refractivity contribution is 9.10. The van der Waals surface area contributed by atoms with E-state index in [0.717, 1.165) is 42.4 Å². The van der Waals surface area contributed by atoms with E-state index < -0.39 is 0 Å². The smallest absolute Gasteiger partial charge is 0.133 e. The Balaban J connectivity index is 2.66. The number of hydrogen-bond acceptors (Lipinski definition) is 4. The molecule has 0 atom stereocenters. The largest absolute Gasteiger partial charge is 0.380 e. The van der Waals surface area contributed by atoms with Crippen LogP contribution >= 0.6 is 15.9 Å². The maximum Gasteiger partial charge on any atom is 0.133 e.